The average molecular weight is 441 g/mol. The first-order valence-electron chi connectivity index (χ1n) is 10.6. The summed E-state index contributed by atoms with van der Waals surface area (Å²) in [6.07, 6.45) is 2.60. The summed E-state index contributed by atoms with van der Waals surface area (Å²) in [5.74, 6) is -0.0825. The van der Waals surface area contributed by atoms with E-state index in [0.29, 0.717) is 31.7 Å². The highest BCUT2D eigenvalue weighted by atomic mass is 32.2. The molecule has 1 fully saturated rings. The highest BCUT2D eigenvalue weighted by Gasteiger charge is 2.32. The molecule has 0 unspecified atom stereocenters. The minimum absolute atomic E-state index is 0.0825. The molecule has 4 rings (SSSR count). The maximum absolute atomic E-state index is 13.0. The Bertz CT molecular complexity index is 1050. The zero-order valence-corrected chi connectivity index (χ0v) is 18.7. The van der Waals surface area contributed by atoms with Crippen LogP contribution >= 0.6 is 0 Å². The molecule has 2 atom stereocenters. The van der Waals surface area contributed by atoms with Crippen molar-refractivity contribution in [2.24, 2.45) is 0 Å². The second-order valence-electron chi connectivity index (χ2n) is 8.20. The highest BCUT2D eigenvalue weighted by Crippen LogP contribution is 2.24. The molecule has 0 radical (unpaired) electrons. The molecule has 0 saturated carbocycles. The number of rotatable bonds is 4. The van der Waals surface area contributed by atoms with Crippen molar-refractivity contribution in [2.45, 2.75) is 37.4 Å². The van der Waals surface area contributed by atoms with Gasteiger partial charge in [0.15, 0.2) is 0 Å². The van der Waals surface area contributed by atoms with Crippen LogP contribution in [-0.4, -0.2) is 61.9 Å². The third-order valence-corrected chi connectivity index (χ3v) is 7.61. The SMILES string of the molecule is C[C@@H]1CN(S(=O)(=O)c2ccc(C(=O)N3CC=C(c4ccccc4)CC3)cc2)C[C@@H](C)O1. The van der Waals surface area contributed by atoms with Gasteiger partial charge in [0, 0.05) is 31.7 Å². The molecule has 164 valence electrons. The van der Waals surface area contributed by atoms with Gasteiger partial charge in [-0.25, -0.2) is 8.42 Å². The zero-order chi connectivity index (χ0) is 22.0. The second kappa shape index (κ2) is 8.94. The summed E-state index contributed by atoms with van der Waals surface area (Å²) < 4.78 is 33.1. The number of benzene rings is 2. The number of amides is 1. The van der Waals surface area contributed by atoms with Gasteiger partial charge in [0.25, 0.3) is 5.91 Å². The standard InChI is InChI=1S/C24H28N2O4S/c1-18-16-26(17-19(2)30-18)31(28,29)23-10-8-22(9-11-23)24(27)25-14-12-21(13-15-25)20-6-4-3-5-7-20/h3-12,18-19H,13-17H2,1-2H3/t18-,19-/m1/s1. The fraction of sp³-hybridized carbons (Fsp3) is 0.375. The lowest BCUT2D eigenvalue weighted by Crippen LogP contribution is -2.48. The van der Waals surface area contributed by atoms with Gasteiger partial charge in [-0.15, -0.1) is 0 Å². The fourth-order valence-electron chi connectivity index (χ4n) is 4.20. The van der Waals surface area contributed by atoms with E-state index in [4.69, 9.17) is 4.74 Å². The monoisotopic (exact) mass is 440 g/mol. The van der Waals surface area contributed by atoms with Crippen molar-refractivity contribution in [3.63, 3.8) is 0 Å². The summed E-state index contributed by atoms with van der Waals surface area (Å²) in [5, 5.41) is 0. The van der Waals surface area contributed by atoms with E-state index in [2.05, 4.69) is 18.2 Å². The number of sulfonamides is 1. The first-order valence-corrected chi connectivity index (χ1v) is 12.1. The fourth-order valence-corrected chi connectivity index (χ4v) is 5.79. The predicted molar refractivity (Wildman–Crippen MR) is 120 cm³/mol. The van der Waals surface area contributed by atoms with Gasteiger partial charge < -0.3 is 9.64 Å². The molecule has 31 heavy (non-hydrogen) atoms. The van der Waals surface area contributed by atoms with Crippen molar-refractivity contribution in [1.29, 1.82) is 0 Å². The molecule has 2 aliphatic rings. The molecular weight excluding hydrogens is 412 g/mol. The van der Waals surface area contributed by atoms with E-state index >= 15 is 0 Å². The molecule has 6 nitrogen and oxygen atoms in total. The van der Waals surface area contributed by atoms with E-state index in [1.165, 1.54) is 27.6 Å². The minimum atomic E-state index is -3.61. The van der Waals surface area contributed by atoms with Crippen LogP contribution in [0.2, 0.25) is 0 Å². The van der Waals surface area contributed by atoms with E-state index in [0.717, 1.165) is 6.42 Å². The van der Waals surface area contributed by atoms with Crippen LogP contribution in [0.3, 0.4) is 0 Å². The summed E-state index contributed by atoms with van der Waals surface area (Å²) in [7, 11) is -3.61. The third kappa shape index (κ3) is 4.74. The van der Waals surface area contributed by atoms with Crippen LogP contribution in [0.4, 0.5) is 0 Å². The summed E-state index contributed by atoms with van der Waals surface area (Å²) in [5.41, 5.74) is 2.94. The van der Waals surface area contributed by atoms with Gasteiger partial charge in [0.2, 0.25) is 10.0 Å². The number of nitrogens with zero attached hydrogens (tertiary/aromatic N) is 2. The van der Waals surface area contributed by atoms with E-state index < -0.39 is 10.0 Å². The van der Waals surface area contributed by atoms with Crippen molar-refractivity contribution in [2.75, 3.05) is 26.2 Å². The minimum Gasteiger partial charge on any atom is -0.373 e. The lowest BCUT2D eigenvalue weighted by molar-refractivity contribution is -0.0440. The molecule has 0 spiro atoms. The van der Waals surface area contributed by atoms with Crippen LogP contribution in [0.15, 0.2) is 65.6 Å². The van der Waals surface area contributed by atoms with E-state index in [-0.39, 0.29) is 23.0 Å². The first kappa shape index (κ1) is 21.7. The molecule has 0 aromatic heterocycles. The van der Waals surface area contributed by atoms with Crippen LogP contribution in [0.25, 0.3) is 5.57 Å². The first-order chi connectivity index (χ1) is 14.8. The van der Waals surface area contributed by atoms with Gasteiger partial charge in [-0.05, 0) is 55.7 Å². The Balaban J connectivity index is 1.45. The summed E-state index contributed by atoms with van der Waals surface area (Å²) in [6, 6.07) is 16.5. The summed E-state index contributed by atoms with van der Waals surface area (Å²) in [4.78, 5) is 14.9. The topological polar surface area (TPSA) is 66.9 Å². The highest BCUT2D eigenvalue weighted by molar-refractivity contribution is 7.89. The Morgan fingerprint density at radius 1 is 0.968 bits per heavy atom. The molecular formula is C24H28N2O4S. The number of morpholine rings is 1. The van der Waals surface area contributed by atoms with Crippen LogP contribution in [0.5, 0.6) is 0 Å². The van der Waals surface area contributed by atoms with E-state index in [1.807, 2.05) is 32.0 Å². The van der Waals surface area contributed by atoms with Crippen molar-refractivity contribution >= 4 is 21.5 Å². The molecule has 2 heterocycles. The maximum Gasteiger partial charge on any atom is 0.254 e. The molecule has 2 aromatic rings. The van der Waals surface area contributed by atoms with Gasteiger partial charge in [0.1, 0.15) is 0 Å². The van der Waals surface area contributed by atoms with Crippen LogP contribution in [0.1, 0.15) is 36.2 Å². The number of hydrogen-bond acceptors (Lipinski definition) is 4. The molecule has 1 saturated heterocycles. The van der Waals surface area contributed by atoms with Crippen molar-refractivity contribution < 1.29 is 17.9 Å². The Morgan fingerprint density at radius 2 is 1.61 bits per heavy atom. The second-order valence-corrected chi connectivity index (χ2v) is 10.1. The number of ether oxygens (including phenoxy) is 1. The number of carbonyl (C=O) groups is 1. The van der Waals surface area contributed by atoms with Gasteiger partial charge in [-0.1, -0.05) is 36.4 Å². The quantitative estimate of drug-likeness (QED) is 0.731. The molecule has 1 amide bonds. The molecule has 0 aliphatic carbocycles. The summed E-state index contributed by atoms with van der Waals surface area (Å²) >= 11 is 0. The lowest BCUT2D eigenvalue weighted by Gasteiger charge is -2.34. The van der Waals surface area contributed by atoms with Crippen molar-refractivity contribution in [3.8, 4) is 0 Å². The van der Waals surface area contributed by atoms with Gasteiger partial charge in [0.05, 0.1) is 17.1 Å². The Labute approximate surface area is 184 Å². The van der Waals surface area contributed by atoms with Crippen LogP contribution in [-0.2, 0) is 14.8 Å². The van der Waals surface area contributed by atoms with Crippen LogP contribution in [0, 0.1) is 0 Å². The zero-order valence-electron chi connectivity index (χ0n) is 17.9. The summed E-state index contributed by atoms with van der Waals surface area (Å²) in [6.45, 7) is 5.59. The van der Waals surface area contributed by atoms with Crippen LogP contribution < -0.4 is 0 Å². The lowest BCUT2D eigenvalue weighted by atomic mass is 9.99. The Morgan fingerprint density at radius 3 is 2.19 bits per heavy atom. The maximum atomic E-state index is 13.0. The Kier molecular flexibility index (Phi) is 6.27. The van der Waals surface area contributed by atoms with E-state index in [9.17, 15) is 13.2 Å². The largest absolute Gasteiger partial charge is 0.373 e. The molecule has 2 aliphatic heterocycles. The molecule has 0 bridgehead atoms. The van der Waals surface area contributed by atoms with Crippen molar-refractivity contribution in [1.82, 2.24) is 9.21 Å². The smallest absolute Gasteiger partial charge is 0.254 e. The number of hydrogen-bond donors (Lipinski definition) is 0. The van der Waals surface area contributed by atoms with Gasteiger partial charge in [-0.3, -0.25) is 4.79 Å². The third-order valence-electron chi connectivity index (χ3n) is 5.77. The molecule has 7 heteroatoms. The normalized spacial score (nSPS) is 22.8. The van der Waals surface area contributed by atoms with Gasteiger partial charge >= 0.3 is 0 Å². The molecule has 2 aromatic carbocycles. The predicted octanol–water partition coefficient (Wildman–Crippen LogP) is 3.41. The molecule has 0 N–H and O–H groups in total. The van der Waals surface area contributed by atoms with E-state index in [1.54, 1.807) is 17.0 Å². The van der Waals surface area contributed by atoms with Crippen molar-refractivity contribution in [3.05, 3.63) is 71.8 Å². The van der Waals surface area contributed by atoms with Gasteiger partial charge in [-0.2, -0.15) is 4.31 Å². The Hall–Kier alpha value is -2.48. The average Bonchev–Trinajstić information content (AvgIpc) is 2.79. The number of carbonyl (C=O) groups excluding carboxylic acids is 1.